The van der Waals surface area contributed by atoms with Crippen LogP contribution in [0.15, 0.2) is 84.9 Å². The van der Waals surface area contributed by atoms with Crippen LogP contribution in [0.2, 0.25) is 5.02 Å². The summed E-state index contributed by atoms with van der Waals surface area (Å²) in [6, 6.07) is 25.8. The molecule has 1 fully saturated rings. The fourth-order valence-electron chi connectivity index (χ4n) is 4.80. The number of rotatable bonds is 6. The minimum atomic E-state index is -0.251. The van der Waals surface area contributed by atoms with Gasteiger partial charge in [-0.1, -0.05) is 66.2 Å². The standard InChI is InChI=1S/C28H25ClFN3O/c29-22-10-6-20(7-11-22)26-16-27(32-31-26)24-14-15-33(18-28(34)21-4-2-1-3-5-21)17-25(24)19-8-12-23(30)13-9-19/h1-13,16,24-25H,14-15,17-18H2,(H,31,32)/t24-,25+/m1/s1. The van der Waals surface area contributed by atoms with Crippen LogP contribution in [-0.4, -0.2) is 40.5 Å². The quantitative estimate of drug-likeness (QED) is 0.333. The number of benzene rings is 3. The predicted octanol–water partition coefficient (Wildman–Crippen LogP) is 6.33. The van der Waals surface area contributed by atoms with E-state index in [1.807, 2.05) is 66.7 Å². The molecule has 4 aromatic rings. The van der Waals surface area contributed by atoms with Crippen molar-refractivity contribution >= 4 is 17.4 Å². The van der Waals surface area contributed by atoms with Crippen LogP contribution in [0.1, 0.15) is 39.9 Å². The van der Waals surface area contributed by atoms with Crippen LogP contribution >= 0.6 is 11.6 Å². The number of nitrogens with zero attached hydrogens (tertiary/aromatic N) is 2. The average molecular weight is 474 g/mol. The minimum Gasteiger partial charge on any atom is -0.295 e. The van der Waals surface area contributed by atoms with Crippen molar-refractivity contribution in [3.63, 3.8) is 0 Å². The molecule has 1 aliphatic rings. The number of hydrogen-bond donors (Lipinski definition) is 1. The Labute approximate surface area is 203 Å². The number of aromatic amines is 1. The van der Waals surface area contributed by atoms with Crippen molar-refractivity contribution in [3.8, 4) is 11.3 Å². The van der Waals surface area contributed by atoms with Gasteiger partial charge in [0, 0.05) is 40.2 Å². The molecule has 4 nitrogen and oxygen atoms in total. The molecule has 3 aromatic carbocycles. The Hall–Kier alpha value is -3.28. The third kappa shape index (κ3) is 4.96. The number of halogens is 2. The lowest BCUT2D eigenvalue weighted by molar-refractivity contribution is 0.0896. The summed E-state index contributed by atoms with van der Waals surface area (Å²) in [5, 5.41) is 8.47. The molecule has 1 aliphatic heterocycles. The molecule has 0 spiro atoms. The maximum atomic E-state index is 13.6. The Morgan fingerprint density at radius 3 is 2.47 bits per heavy atom. The normalized spacial score (nSPS) is 18.6. The molecule has 0 radical (unpaired) electrons. The van der Waals surface area contributed by atoms with E-state index in [9.17, 15) is 9.18 Å². The van der Waals surface area contributed by atoms with Gasteiger partial charge in [0.15, 0.2) is 5.78 Å². The highest BCUT2D eigenvalue weighted by molar-refractivity contribution is 6.30. The van der Waals surface area contributed by atoms with E-state index >= 15 is 0 Å². The Bertz CT molecular complexity index is 1260. The number of Topliss-reactive ketones (excluding diaryl/α,β-unsaturated/α-hetero) is 1. The molecule has 5 rings (SSSR count). The summed E-state index contributed by atoms with van der Waals surface area (Å²) in [7, 11) is 0. The Morgan fingerprint density at radius 2 is 1.74 bits per heavy atom. The lowest BCUT2D eigenvalue weighted by Crippen LogP contribution is -2.41. The number of carbonyl (C=O) groups excluding carboxylic acids is 1. The molecule has 1 saturated heterocycles. The molecule has 6 heteroatoms. The molecule has 2 atom stereocenters. The number of likely N-dealkylation sites (tertiary alicyclic amines) is 1. The van der Waals surface area contributed by atoms with Crippen molar-refractivity contribution in [2.24, 2.45) is 0 Å². The molecule has 0 amide bonds. The van der Waals surface area contributed by atoms with Crippen molar-refractivity contribution in [1.29, 1.82) is 0 Å². The zero-order valence-corrected chi connectivity index (χ0v) is 19.4. The van der Waals surface area contributed by atoms with E-state index in [0.29, 0.717) is 18.1 Å². The molecule has 0 unspecified atom stereocenters. The second-order valence-electron chi connectivity index (χ2n) is 8.79. The van der Waals surface area contributed by atoms with E-state index in [-0.39, 0.29) is 23.4 Å². The van der Waals surface area contributed by atoms with E-state index in [2.05, 4.69) is 21.2 Å². The maximum absolute atomic E-state index is 13.6. The number of piperidine rings is 1. The van der Waals surface area contributed by atoms with Crippen molar-refractivity contribution in [2.45, 2.75) is 18.3 Å². The maximum Gasteiger partial charge on any atom is 0.176 e. The average Bonchev–Trinajstić information content (AvgIpc) is 3.35. The molecule has 1 aromatic heterocycles. The molecule has 34 heavy (non-hydrogen) atoms. The SMILES string of the molecule is O=C(CN1CC[C@@H](c2cc(-c3ccc(Cl)cc3)n[nH]2)[C@H](c2ccc(F)cc2)C1)c1ccccc1. The van der Waals surface area contributed by atoms with Gasteiger partial charge in [0.25, 0.3) is 0 Å². The van der Waals surface area contributed by atoms with E-state index in [0.717, 1.165) is 41.0 Å². The fraction of sp³-hybridized carbons (Fsp3) is 0.214. The first kappa shape index (κ1) is 22.5. The highest BCUT2D eigenvalue weighted by Gasteiger charge is 2.33. The van der Waals surface area contributed by atoms with Gasteiger partial charge in [-0.2, -0.15) is 5.10 Å². The Kier molecular flexibility index (Phi) is 6.57. The summed E-state index contributed by atoms with van der Waals surface area (Å²) in [6.07, 6.45) is 0.867. The third-order valence-electron chi connectivity index (χ3n) is 6.60. The van der Waals surface area contributed by atoms with Crippen molar-refractivity contribution < 1.29 is 9.18 Å². The molecule has 2 heterocycles. The highest BCUT2D eigenvalue weighted by Crippen LogP contribution is 2.40. The van der Waals surface area contributed by atoms with Gasteiger partial charge in [-0.3, -0.25) is 14.8 Å². The first-order chi connectivity index (χ1) is 16.6. The van der Waals surface area contributed by atoms with Crippen LogP contribution in [0.3, 0.4) is 0 Å². The number of nitrogens with one attached hydrogen (secondary N) is 1. The molecular formula is C28H25ClFN3O. The first-order valence-corrected chi connectivity index (χ1v) is 11.8. The zero-order chi connectivity index (χ0) is 23.5. The topological polar surface area (TPSA) is 49.0 Å². The monoisotopic (exact) mass is 473 g/mol. The summed E-state index contributed by atoms with van der Waals surface area (Å²) in [5.41, 5.74) is 4.70. The molecule has 1 N–H and O–H groups in total. The second kappa shape index (κ2) is 9.92. The molecule has 0 saturated carbocycles. The smallest absolute Gasteiger partial charge is 0.176 e. The predicted molar refractivity (Wildman–Crippen MR) is 133 cm³/mol. The van der Waals surface area contributed by atoms with Gasteiger partial charge in [-0.15, -0.1) is 0 Å². The lowest BCUT2D eigenvalue weighted by Gasteiger charge is -2.38. The number of aromatic nitrogens is 2. The van der Waals surface area contributed by atoms with Gasteiger partial charge in [0.1, 0.15) is 5.82 Å². The van der Waals surface area contributed by atoms with E-state index in [4.69, 9.17) is 11.6 Å². The van der Waals surface area contributed by atoms with Gasteiger partial charge in [0.2, 0.25) is 0 Å². The molecule has 0 aliphatic carbocycles. The van der Waals surface area contributed by atoms with Crippen LogP contribution in [-0.2, 0) is 0 Å². The number of ketones is 1. The summed E-state index contributed by atoms with van der Waals surface area (Å²) in [4.78, 5) is 15.0. The molecule has 172 valence electrons. The van der Waals surface area contributed by atoms with Gasteiger partial charge >= 0.3 is 0 Å². The van der Waals surface area contributed by atoms with Crippen molar-refractivity contribution in [2.75, 3.05) is 19.6 Å². The summed E-state index contributed by atoms with van der Waals surface area (Å²) < 4.78 is 13.6. The van der Waals surface area contributed by atoms with Crippen molar-refractivity contribution in [1.82, 2.24) is 15.1 Å². The van der Waals surface area contributed by atoms with Crippen LogP contribution in [0, 0.1) is 5.82 Å². The second-order valence-corrected chi connectivity index (χ2v) is 9.23. The lowest BCUT2D eigenvalue weighted by atomic mass is 9.78. The zero-order valence-electron chi connectivity index (χ0n) is 18.6. The highest BCUT2D eigenvalue weighted by atomic mass is 35.5. The Morgan fingerprint density at radius 1 is 1.00 bits per heavy atom. The minimum absolute atomic E-state index is 0.108. The van der Waals surface area contributed by atoms with Crippen LogP contribution in [0.4, 0.5) is 4.39 Å². The Balaban J connectivity index is 1.39. The van der Waals surface area contributed by atoms with Crippen LogP contribution in [0.5, 0.6) is 0 Å². The van der Waals surface area contributed by atoms with Crippen molar-refractivity contribution in [3.05, 3.63) is 113 Å². The van der Waals surface area contributed by atoms with Crippen LogP contribution < -0.4 is 0 Å². The van der Waals surface area contributed by atoms with Gasteiger partial charge in [-0.05, 0) is 48.9 Å². The molecule has 0 bridgehead atoms. The molecular weight excluding hydrogens is 449 g/mol. The third-order valence-corrected chi connectivity index (χ3v) is 6.85. The number of hydrogen-bond acceptors (Lipinski definition) is 3. The van der Waals surface area contributed by atoms with Gasteiger partial charge < -0.3 is 0 Å². The number of H-pyrrole nitrogens is 1. The summed E-state index contributed by atoms with van der Waals surface area (Å²) in [6.45, 7) is 1.88. The van der Waals surface area contributed by atoms with E-state index in [1.165, 1.54) is 12.1 Å². The van der Waals surface area contributed by atoms with E-state index in [1.54, 1.807) is 0 Å². The summed E-state index contributed by atoms with van der Waals surface area (Å²) >= 11 is 6.03. The van der Waals surface area contributed by atoms with Gasteiger partial charge in [-0.25, -0.2) is 4.39 Å². The van der Waals surface area contributed by atoms with Gasteiger partial charge in [0.05, 0.1) is 12.2 Å². The van der Waals surface area contributed by atoms with Crippen LogP contribution in [0.25, 0.3) is 11.3 Å². The van der Waals surface area contributed by atoms with E-state index < -0.39 is 0 Å². The largest absolute Gasteiger partial charge is 0.295 e. The number of carbonyl (C=O) groups is 1. The summed E-state index contributed by atoms with van der Waals surface area (Å²) in [5.74, 6) is 0.154. The first-order valence-electron chi connectivity index (χ1n) is 11.4. The fourth-order valence-corrected chi connectivity index (χ4v) is 4.92.